The zero-order valence-corrected chi connectivity index (χ0v) is 9.26. The van der Waals surface area contributed by atoms with Crippen molar-refractivity contribution < 1.29 is 9.90 Å². The van der Waals surface area contributed by atoms with Gasteiger partial charge in [-0.2, -0.15) is 5.10 Å². The molecule has 2 rings (SSSR count). The molecule has 88 valence electrons. The molecule has 6 heteroatoms. The van der Waals surface area contributed by atoms with E-state index < -0.39 is 6.09 Å². The molecule has 1 aliphatic rings. The Morgan fingerprint density at radius 3 is 3.06 bits per heavy atom. The molecule has 16 heavy (non-hydrogen) atoms. The monoisotopic (exact) mass is 224 g/mol. The molecule has 1 aromatic rings. The van der Waals surface area contributed by atoms with E-state index in [4.69, 9.17) is 5.11 Å². The predicted molar refractivity (Wildman–Crippen MR) is 58.1 cm³/mol. The van der Waals surface area contributed by atoms with Crippen LogP contribution >= 0.6 is 0 Å². The zero-order chi connectivity index (χ0) is 11.5. The van der Waals surface area contributed by atoms with Crippen LogP contribution in [0.2, 0.25) is 0 Å². The Kier molecular flexibility index (Phi) is 3.09. The third-order valence-electron chi connectivity index (χ3n) is 2.91. The molecule has 0 radical (unpaired) electrons. The summed E-state index contributed by atoms with van der Waals surface area (Å²) in [7, 11) is 0. The molecule has 1 amide bonds. The first-order valence-corrected chi connectivity index (χ1v) is 5.37. The standard InChI is InChI=1S/C10H16N4O2/c1-8-6-13(4-5-14(8)10(15)16)7-9-2-3-11-12-9/h2-3,8H,4-7H2,1H3,(H,11,12)(H,15,16)/t8-/m0/s1. The second-order valence-electron chi connectivity index (χ2n) is 4.14. The lowest BCUT2D eigenvalue weighted by atomic mass is 10.2. The van der Waals surface area contributed by atoms with Crippen molar-refractivity contribution in [2.75, 3.05) is 19.6 Å². The lowest BCUT2D eigenvalue weighted by molar-refractivity contribution is 0.0706. The highest BCUT2D eigenvalue weighted by Gasteiger charge is 2.26. The van der Waals surface area contributed by atoms with Crippen LogP contribution in [0.25, 0.3) is 0 Å². The lowest BCUT2D eigenvalue weighted by Gasteiger charge is -2.37. The quantitative estimate of drug-likeness (QED) is 0.771. The van der Waals surface area contributed by atoms with E-state index in [1.54, 1.807) is 6.20 Å². The van der Waals surface area contributed by atoms with Crippen LogP contribution < -0.4 is 0 Å². The number of carbonyl (C=O) groups is 1. The van der Waals surface area contributed by atoms with Crippen LogP contribution in [0.3, 0.4) is 0 Å². The molecule has 1 aromatic heterocycles. The smallest absolute Gasteiger partial charge is 0.407 e. The Bertz CT molecular complexity index is 352. The summed E-state index contributed by atoms with van der Waals surface area (Å²) in [5.41, 5.74) is 1.07. The summed E-state index contributed by atoms with van der Waals surface area (Å²) in [5.74, 6) is 0. The number of amides is 1. The first-order chi connectivity index (χ1) is 7.66. The maximum atomic E-state index is 10.9. The topological polar surface area (TPSA) is 72.5 Å². The largest absolute Gasteiger partial charge is 0.465 e. The number of aromatic nitrogens is 2. The Labute approximate surface area is 93.9 Å². The summed E-state index contributed by atoms with van der Waals surface area (Å²) in [4.78, 5) is 14.6. The maximum absolute atomic E-state index is 10.9. The Morgan fingerprint density at radius 1 is 1.69 bits per heavy atom. The minimum absolute atomic E-state index is 0.0502. The van der Waals surface area contributed by atoms with Crippen LogP contribution in [-0.2, 0) is 6.54 Å². The van der Waals surface area contributed by atoms with Gasteiger partial charge in [0.15, 0.2) is 0 Å². The third-order valence-corrected chi connectivity index (χ3v) is 2.91. The van der Waals surface area contributed by atoms with Crippen LogP contribution in [0, 0.1) is 0 Å². The molecule has 0 aliphatic carbocycles. The van der Waals surface area contributed by atoms with Gasteiger partial charge in [-0.25, -0.2) is 4.79 Å². The van der Waals surface area contributed by atoms with Crippen molar-refractivity contribution in [1.82, 2.24) is 20.0 Å². The average Bonchev–Trinajstić information content (AvgIpc) is 2.70. The highest BCUT2D eigenvalue weighted by atomic mass is 16.4. The van der Waals surface area contributed by atoms with Gasteiger partial charge in [0.1, 0.15) is 0 Å². The van der Waals surface area contributed by atoms with E-state index in [1.165, 1.54) is 4.90 Å². The van der Waals surface area contributed by atoms with Gasteiger partial charge in [-0.3, -0.25) is 10.00 Å². The first-order valence-electron chi connectivity index (χ1n) is 5.37. The van der Waals surface area contributed by atoms with Gasteiger partial charge < -0.3 is 10.0 Å². The molecule has 1 aliphatic heterocycles. The van der Waals surface area contributed by atoms with Gasteiger partial charge in [0.2, 0.25) is 0 Å². The van der Waals surface area contributed by atoms with Crippen molar-refractivity contribution in [1.29, 1.82) is 0 Å². The summed E-state index contributed by atoms with van der Waals surface area (Å²) in [5, 5.41) is 15.7. The molecule has 1 saturated heterocycles. The Hall–Kier alpha value is -1.56. The van der Waals surface area contributed by atoms with Gasteiger partial charge in [-0.1, -0.05) is 0 Å². The zero-order valence-electron chi connectivity index (χ0n) is 9.26. The van der Waals surface area contributed by atoms with Crippen molar-refractivity contribution in [3.05, 3.63) is 18.0 Å². The minimum Gasteiger partial charge on any atom is -0.465 e. The number of hydrogen-bond donors (Lipinski definition) is 2. The number of H-pyrrole nitrogens is 1. The molecule has 1 fully saturated rings. The molecular weight excluding hydrogens is 208 g/mol. The van der Waals surface area contributed by atoms with Crippen molar-refractivity contribution in [3.8, 4) is 0 Å². The molecule has 0 unspecified atom stereocenters. The van der Waals surface area contributed by atoms with Crippen molar-refractivity contribution in [2.45, 2.75) is 19.5 Å². The summed E-state index contributed by atoms with van der Waals surface area (Å²) in [6, 6.07) is 1.99. The van der Waals surface area contributed by atoms with E-state index in [0.29, 0.717) is 6.54 Å². The van der Waals surface area contributed by atoms with E-state index in [2.05, 4.69) is 15.1 Å². The first kappa shape index (κ1) is 10.9. The molecule has 2 N–H and O–H groups in total. The summed E-state index contributed by atoms with van der Waals surface area (Å²) in [6.45, 7) is 4.86. The minimum atomic E-state index is -0.825. The number of piperazine rings is 1. The van der Waals surface area contributed by atoms with Crippen LogP contribution in [0.1, 0.15) is 12.6 Å². The van der Waals surface area contributed by atoms with E-state index >= 15 is 0 Å². The van der Waals surface area contributed by atoms with Gasteiger partial charge in [-0.15, -0.1) is 0 Å². The third kappa shape index (κ3) is 2.33. The number of nitrogens with one attached hydrogen (secondary N) is 1. The van der Waals surface area contributed by atoms with Gasteiger partial charge in [0, 0.05) is 44.1 Å². The number of hydrogen-bond acceptors (Lipinski definition) is 3. The fourth-order valence-corrected chi connectivity index (χ4v) is 2.07. The maximum Gasteiger partial charge on any atom is 0.407 e. The number of carboxylic acid groups (broad SMARTS) is 1. The summed E-state index contributed by atoms with van der Waals surface area (Å²) in [6.07, 6.45) is 0.903. The van der Waals surface area contributed by atoms with Gasteiger partial charge in [-0.05, 0) is 13.0 Å². The fraction of sp³-hybridized carbons (Fsp3) is 0.600. The number of nitrogens with zero attached hydrogens (tertiary/aromatic N) is 3. The number of rotatable bonds is 2. The van der Waals surface area contributed by atoms with Crippen LogP contribution in [0.4, 0.5) is 4.79 Å². The second kappa shape index (κ2) is 4.52. The molecule has 2 heterocycles. The predicted octanol–water partition coefficient (Wildman–Crippen LogP) is 0.594. The molecule has 0 saturated carbocycles. The van der Waals surface area contributed by atoms with Gasteiger partial charge in [0.05, 0.1) is 0 Å². The molecule has 1 atom stereocenters. The summed E-state index contributed by atoms with van der Waals surface area (Å²) >= 11 is 0. The molecule has 0 bridgehead atoms. The second-order valence-corrected chi connectivity index (χ2v) is 4.14. The number of aromatic amines is 1. The average molecular weight is 224 g/mol. The van der Waals surface area contributed by atoms with E-state index in [1.807, 2.05) is 13.0 Å². The highest BCUT2D eigenvalue weighted by Crippen LogP contribution is 2.11. The van der Waals surface area contributed by atoms with Gasteiger partial charge in [0.25, 0.3) is 0 Å². The van der Waals surface area contributed by atoms with Crippen molar-refractivity contribution >= 4 is 6.09 Å². The van der Waals surface area contributed by atoms with Crippen LogP contribution in [0.5, 0.6) is 0 Å². The van der Waals surface area contributed by atoms with E-state index in [9.17, 15) is 4.79 Å². The van der Waals surface area contributed by atoms with Crippen LogP contribution in [0.15, 0.2) is 12.3 Å². The van der Waals surface area contributed by atoms with E-state index in [-0.39, 0.29) is 6.04 Å². The fourth-order valence-electron chi connectivity index (χ4n) is 2.07. The van der Waals surface area contributed by atoms with Gasteiger partial charge >= 0.3 is 6.09 Å². The van der Waals surface area contributed by atoms with Crippen LogP contribution in [-0.4, -0.2) is 56.9 Å². The SMILES string of the molecule is C[C@H]1CN(Cc2ccn[nH]2)CCN1C(=O)O. The lowest BCUT2D eigenvalue weighted by Crippen LogP contribution is -2.53. The van der Waals surface area contributed by atoms with Crippen molar-refractivity contribution in [2.24, 2.45) is 0 Å². The molecule has 6 nitrogen and oxygen atoms in total. The Balaban J connectivity index is 1.90. The molecule has 0 spiro atoms. The highest BCUT2D eigenvalue weighted by molar-refractivity contribution is 5.65. The molecular formula is C10H16N4O2. The van der Waals surface area contributed by atoms with Crippen molar-refractivity contribution in [3.63, 3.8) is 0 Å². The summed E-state index contributed by atoms with van der Waals surface area (Å²) < 4.78 is 0. The molecule has 0 aromatic carbocycles. The normalized spacial score (nSPS) is 22.3. The Morgan fingerprint density at radius 2 is 2.50 bits per heavy atom. The van der Waals surface area contributed by atoms with E-state index in [0.717, 1.165) is 25.3 Å².